The number of fused-ring (bicyclic) bond motifs is 2. The van der Waals surface area contributed by atoms with Crippen molar-refractivity contribution >= 4 is 61.7 Å². The monoisotopic (exact) mass is 514 g/mol. The molecule has 0 fully saturated rings. The molecule has 0 spiro atoms. The van der Waals surface area contributed by atoms with Crippen LogP contribution in [0.25, 0.3) is 0 Å². The first-order chi connectivity index (χ1) is 8.12. The van der Waals surface area contributed by atoms with Gasteiger partial charge in [-0.15, -0.1) is 0 Å². The zero-order valence-electron chi connectivity index (χ0n) is 8.69. The fourth-order valence-corrected chi connectivity index (χ4v) is 13.4. The molecule has 0 saturated carbocycles. The van der Waals surface area contributed by atoms with E-state index in [-0.39, 0.29) is 5.78 Å². The standard InChI is InChI=1S/C13H8I2OSe/c14-17(15)11-7-3-1-5-9(11)13(16)10-6-2-4-8-12(10)17/h1-8H. The van der Waals surface area contributed by atoms with Crippen LogP contribution in [0.2, 0.25) is 0 Å². The minimum atomic E-state index is -1.95. The summed E-state index contributed by atoms with van der Waals surface area (Å²) in [6.07, 6.45) is -1.95. The molecule has 1 aliphatic rings. The summed E-state index contributed by atoms with van der Waals surface area (Å²) >= 11 is 5.15. The Morgan fingerprint density at radius 1 is 0.765 bits per heavy atom. The van der Waals surface area contributed by atoms with Gasteiger partial charge >= 0.3 is 126 Å². The van der Waals surface area contributed by atoms with Crippen LogP contribution < -0.4 is 8.92 Å². The molecule has 1 nitrogen and oxygen atoms in total. The van der Waals surface area contributed by atoms with Crippen molar-refractivity contribution < 1.29 is 4.79 Å². The Balaban J connectivity index is 2.38. The van der Waals surface area contributed by atoms with Gasteiger partial charge in [0.1, 0.15) is 0 Å². The fourth-order valence-electron chi connectivity index (χ4n) is 2.02. The zero-order chi connectivity index (χ0) is 12.0. The van der Waals surface area contributed by atoms with Crippen molar-refractivity contribution in [3.63, 3.8) is 0 Å². The number of hydrogen-bond donors (Lipinski definition) is 0. The molecule has 0 atom stereocenters. The van der Waals surface area contributed by atoms with Gasteiger partial charge in [-0.1, -0.05) is 0 Å². The predicted octanol–water partition coefficient (Wildman–Crippen LogP) is 2.66. The molecule has 0 radical (unpaired) electrons. The number of carbonyl (C=O) groups excluding carboxylic acids is 1. The van der Waals surface area contributed by atoms with Crippen LogP contribution in [0, 0.1) is 0 Å². The van der Waals surface area contributed by atoms with E-state index in [0.717, 1.165) is 11.1 Å². The first-order valence-corrected chi connectivity index (χ1v) is 17.2. The van der Waals surface area contributed by atoms with Crippen molar-refractivity contribution in [3.8, 4) is 0 Å². The van der Waals surface area contributed by atoms with E-state index < -0.39 is 6.35 Å². The molecule has 1 aliphatic heterocycles. The number of halogens is 2. The second kappa shape index (κ2) is 4.33. The Hall–Kier alpha value is 0.0895. The number of hydrogen-bond acceptors (Lipinski definition) is 1. The van der Waals surface area contributed by atoms with E-state index in [1.807, 2.05) is 36.4 Å². The summed E-state index contributed by atoms with van der Waals surface area (Å²) in [6.45, 7) is 0. The van der Waals surface area contributed by atoms with E-state index in [0.29, 0.717) is 0 Å². The van der Waals surface area contributed by atoms with Crippen molar-refractivity contribution in [2.45, 2.75) is 0 Å². The number of benzene rings is 2. The van der Waals surface area contributed by atoms with Crippen LogP contribution in [-0.2, 0) is 0 Å². The maximum absolute atomic E-state index is 12.4. The van der Waals surface area contributed by atoms with Crippen LogP contribution in [0.5, 0.6) is 0 Å². The molecule has 0 aliphatic carbocycles. The molecule has 1 heterocycles. The Morgan fingerprint density at radius 2 is 1.18 bits per heavy atom. The molecule has 0 N–H and O–H groups in total. The molecule has 0 amide bonds. The van der Waals surface area contributed by atoms with E-state index in [1.54, 1.807) is 0 Å². The average molecular weight is 513 g/mol. The maximum atomic E-state index is 12.4. The van der Waals surface area contributed by atoms with E-state index in [2.05, 4.69) is 52.8 Å². The molecule has 2 aromatic carbocycles. The summed E-state index contributed by atoms with van der Waals surface area (Å²) in [5, 5.41) is 0. The first kappa shape index (κ1) is 12.1. The molecular weight excluding hydrogens is 505 g/mol. The van der Waals surface area contributed by atoms with Gasteiger partial charge in [-0.3, -0.25) is 0 Å². The van der Waals surface area contributed by atoms with Crippen LogP contribution in [-0.4, -0.2) is 12.1 Å². The topological polar surface area (TPSA) is 17.1 Å². The van der Waals surface area contributed by atoms with Gasteiger partial charge in [-0.25, -0.2) is 0 Å². The first-order valence-electron chi connectivity index (χ1n) is 5.08. The third-order valence-electron chi connectivity index (χ3n) is 2.82. The fraction of sp³-hybridized carbons (Fsp3) is 0. The molecule has 2 aromatic rings. The Labute approximate surface area is 125 Å². The van der Waals surface area contributed by atoms with Gasteiger partial charge in [0, 0.05) is 0 Å². The molecule has 0 saturated heterocycles. The molecule has 0 aromatic heterocycles. The normalized spacial score (nSPS) is 18.1. The molecule has 3 rings (SSSR count). The van der Waals surface area contributed by atoms with Gasteiger partial charge in [0.05, 0.1) is 0 Å². The van der Waals surface area contributed by atoms with Crippen molar-refractivity contribution in [1.29, 1.82) is 0 Å². The van der Waals surface area contributed by atoms with Crippen molar-refractivity contribution in [1.82, 2.24) is 0 Å². The Bertz CT molecular complexity index is 571. The van der Waals surface area contributed by atoms with Gasteiger partial charge in [-0.2, -0.15) is 0 Å². The van der Waals surface area contributed by atoms with E-state index in [4.69, 9.17) is 0 Å². The van der Waals surface area contributed by atoms with Gasteiger partial charge in [0.15, 0.2) is 0 Å². The van der Waals surface area contributed by atoms with Gasteiger partial charge in [-0.05, 0) is 0 Å². The molecule has 4 heteroatoms. The second-order valence-electron chi connectivity index (χ2n) is 3.79. The summed E-state index contributed by atoms with van der Waals surface area (Å²) in [5.74, 6) is 0.178. The molecule has 0 bridgehead atoms. The second-order valence-corrected chi connectivity index (χ2v) is 30.1. The summed E-state index contributed by atoms with van der Waals surface area (Å²) in [7, 11) is 0. The van der Waals surface area contributed by atoms with E-state index in [9.17, 15) is 4.79 Å². The van der Waals surface area contributed by atoms with Crippen molar-refractivity contribution in [2.75, 3.05) is 0 Å². The van der Waals surface area contributed by atoms with Crippen LogP contribution in [0.3, 0.4) is 0 Å². The van der Waals surface area contributed by atoms with Crippen LogP contribution in [0.15, 0.2) is 48.5 Å². The van der Waals surface area contributed by atoms with Gasteiger partial charge < -0.3 is 0 Å². The third-order valence-corrected chi connectivity index (χ3v) is 16.5. The average Bonchev–Trinajstić information content (AvgIpc) is 2.37. The van der Waals surface area contributed by atoms with Crippen LogP contribution in [0.1, 0.15) is 15.9 Å². The predicted molar refractivity (Wildman–Crippen MR) is 89.4 cm³/mol. The number of carbonyl (C=O) groups is 1. The van der Waals surface area contributed by atoms with Crippen LogP contribution in [0.4, 0.5) is 0 Å². The zero-order valence-corrected chi connectivity index (χ0v) is 14.7. The van der Waals surface area contributed by atoms with Gasteiger partial charge in [0.2, 0.25) is 0 Å². The SMILES string of the molecule is O=C1c2ccccc2[Se](I)(I)c2ccccc21. The van der Waals surface area contributed by atoms with Gasteiger partial charge in [0.25, 0.3) is 0 Å². The Morgan fingerprint density at radius 3 is 1.65 bits per heavy atom. The van der Waals surface area contributed by atoms with Crippen LogP contribution >= 0.6 is 40.7 Å². The van der Waals surface area contributed by atoms with E-state index in [1.165, 1.54) is 8.92 Å². The summed E-state index contributed by atoms with van der Waals surface area (Å²) in [5.41, 5.74) is 1.80. The van der Waals surface area contributed by atoms with Crippen molar-refractivity contribution in [3.05, 3.63) is 59.7 Å². The summed E-state index contributed by atoms with van der Waals surface area (Å²) < 4.78 is 2.52. The minimum absolute atomic E-state index is 0.178. The summed E-state index contributed by atoms with van der Waals surface area (Å²) in [6, 6.07) is 16.1. The van der Waals surface area contributed by atoms with E-state index >= 15 is 0 Å². The molecule has 17 heavy (non-hydrogen) atoms. The molecular formula is C13H8I2OSe. The number of ketones is 1. The quantitative estimate of drug-likeness (QED) is 0.392. The molecule has 86 valence electrons. The molecule has 0 unspecified atom stereocenters. The summed E-state index contributed by atoms with van der Waals surface area (Å²) in [4.78, 5) is 12.4. The third kappa shape index (κ3) is 1.80. The number of rotatable bonds is 0. The Kier molecular flexibility index (Phi) is 3.09. The van der Waals surface area contributed by atoms with Crippen molar-refractivity contribution in [2.24, 2.45) is 0 Å².